The minimum Gasteiger partial charge on any atom is -1.00 e. The van der Waals surface area contributed by atoms with Gasteiger partial charge in [0.25, 0.3) is 0 Å². The largest absolute Gasteiger partial charge is 1.00 e. The van der Waals surface area contributed by atoms with Crippen LogP contribution in [-0.4, -0.2) is 31.8 Å². The first-order chi connectivity index (χ1) is 7.97. The van der Waals surface area contributed by atoms with Crippen LogP contribution in [0.4, 0.5) is 0 Å². The number of nitrogens with one attached hydrogen (secondary N) is 1. The molecule has 1 atom stereocenters. The fraction of sp³-hybridized carbons (Fsp3) is 0.467. The Hall–Kier alpha value is -0.830. The zero-order valence-electron chi connectivity index (χ0n) is 11.9. The number of quaternary nitrogens is 1. The molecule has 1 unspecified atom stereocenters. The third-order valence-corrected chi connectivity index (χ3v) is 3.08. The topological polar surface area (TPSA) is 12.0 Å². The summed E-state index contributed by atoms with van der Waals surface area (Å²) in [6.07, 6.45) is 3.50. The number of benzene rings is 1. The predicted molar refractivity (Wildman–Crippen MR) is 75.5 cm³/mol. The van der Waals surface area contributed by atoms with Gasteiger partial charge in [-0.25, -0.2) is 0 Å². The van der Waals surface area contributed by atoms with Crippen LogP contribution in [0, 0.1) is 0 Å². The van der Waals surface area contributed by atoms with Gasteiger partial charge in [0, 0.05) is 13.0 Å². The molecule has 1 N–H and O–H groups in total. The van der Waals surface area contributed by atoms with Crippen molar-refractivity contribution in [1.29, 1.82) is 0 Å². The molecule has 0 fully saturated rings. The summed E-state index contributed by atoms with van der Waals surface area (Å²) in [6, 6.07) is 8.53. The Kier molecular flexibility index (Phi) is 7.22. The fourth-order valence-corrected chi connectivity index (χ4v) is 1.97. The van der Waals surface area contributed by atoms with E-state index in [4.69, 9.17) is 0 Å². The average molecular weight is 269 g/mol. The van der Waals surface area contributed by atoms with Crippen molar-refractivity contribution in [3.63, 3.8) is 0 Å². The number of halogens is 1. The van der Waals surface area contributed by atoms with Crippen molar-refractivity contribution in [3.8, 4) is 0 Å². The van der Waals surface area contributed by atoms with Crippen LogP contribution in [0.1, 0.15) is 24.5 Å². The first kappa shape index (κ1) is 17.2. The molecule has 18 heavy (non-hydrogen) atoms. The van der Waals surface area contributed by atoms with E-state index in [0.717, 1.165) is 17.4 Å². The van der Waals surface area contributed by atoms with Crippen molar-refractivity contribution in [3.05, 3.63) is 42.0 Å². The molecule has 1 aromatic rings. The minimum absolute atomic E-state index is 0. The maximum absolute atomic E-state index is 3.76. The molecular weight excluding hydrogens is 244 g/mol. The van der Waals surface area contributed by atoms with Crippen molar-refractivity contribution in [2.75, 3.05) is 21.1 Å². The Bertz CT molecular complexity index is 352. The Balaban J connectivity index is 0.00000289. The molecule has 0 aromatic heterocycles. The number of hydrogen-bond acceptors (Lipinski definition) is 1. The highest BCUT2D eigenvalue weighted by molar-refractivity contribution is 5.47. The third kappa shape index (κ3) is 5.21. The molecule has 102 valence electrons. The summed E-state index contributed by atoms with van der Waals surface area (Å²) in [6.45, 7) is 6.91. The Morgan fingerprint density at radius 1 is 1.22 bits per heavy atom. The van der Waals surface area contributed by atoms with Gasteiger partial charge in [-0.3, -0.25) is 5.32 Å². The van der Waals surface area contributed by atoms with Crippen LogP contribution in [0.5, 0.6) is 0 Å². The van der Waals surface area contributed by atoms with Crippen molar-refractivity contribution in [2.45, 2.75) is 26.1 Å². The van der Waals surface area contributed by atoms with Gasteiger partial charge in [-0.05, 0) is 11.1 Å². The Morgan fingerprint density at radius 3 is 2.17 bits per heavy atom. The second kappa shape index (κ2) is 7.57. The molecule has 1 aromatic carbocycles. The lowest BCUT2D eigenvalue weighted by molar-refractivity contribution is -0.899. The Labute approximate surface area is 118 Å². The van der Waals surface area contributed by atoms with Crippen LogP contribution in [0.3, 0.4) is 0 Å². The molecule has 0 aliphatic carbocycles. The SMILES string of the molecule is C=Cc1ccc(CNC(CC)[N+](C)(C)C)cc1.[Cl-]. The lowest BCUT2D eigenvalue weighted by Crippen LogP contribution is -3.00. The van der Waals surface area contributed by atoms with E-state index in [0.29, 0.717) is 6.17 Å². The lowest BCUT2D eigenvalue weighted by Gasteiger charge is -2.34. The van der Waals surface area contributed by atoms with Gasteiger partial charge < -0.3 is 16.9 Å². The molecule has 0 spiro atoms. The molecular formula is C15H25ClN2. The normalized spacial score (nSPS) is 12.7. The molecule has 0 bridgehead atoms. The second-order valence-electron chi connectivity index (χ2n) is 5.37. The smallest absolute Gasteiger partial charge is 0.142 e. The first-order valence-electron chi connectivity index (χ1n) is 6.23. The summed E-state index contributed by atoms with van der Waals surface area (Å²) >= 11 is 0. The highest BCUT2D eigenvalue weighted by atomic mass is 35.5. The molecule has 0 heterocycles. The molecule has 1 rings (SSSR count). The van der Waals surface area contributed by atoms with Crippen molar-refractivity contribution in [1.82, 2.24) is 5.32 Å². The van der Waals surface area contributed by atoms with E-state index in [-0.39, 0.29) is 12.4 Å². The van der Waals surface area contributed by atoms with Crippen LogP contribution in [0.15, 0.2) is 30.8 Å². The molecule has 0 saturated carbocycles. The van der Waals surface area contributed by atoms with E-state index >= 15 is 0 Å². The highest BCUT2D eigenvalue weighted by Crippen LogP contribution is 2.08. The van der Waals surface area contributed by atoms with Gasteiger partial charge in [0.05, 0.1) is 21.1 Å². The molecule has 0 saturated heterocycles. The lowest BCUT2D eigenvalue weighted by atomic mass is 10.1. The standard InChI is InChI=1S/C15H25N2.ClH/c1-6-13-8-10-14(11-9-13)12-16-15(7-2)17(3,4)5;/h6,8-11,15-16H,1,7,12H2,2-5H3;1H/q+1;/p-1. The van der Waals surface area contributed by atoms with Crippen LogP contribution < -0.4 is 17.7 Å². The van der Waals surface area contributed by atoms with Crippen molar-refractivity contribution >= 4 is 6.08 Å². The van der Waals surface area contributed by atoms with Gasteiger partial charge in [0.2, 0.25) is 0 Å². The molecule has 0 aliphatic heterocycles. The van der Waals surface area contributed by atoms with Crippen LogP contribution >= 0.6 is 0 Å². The fourth-order valence-electron chi connectivity index (χ4n) is 1.97. The zero-order valence-corrected chi connectivity index (χ0v) is 12.7. The summed E-state index contributed by atoms with van der Waals surface area (Å²) in [5.74, 6) is 0. The van der Waals surface area contributed by atoms with Crippen LogP contribution in [0.2, 0.25) is 0 Å². The van der Waals surface area contributed by atoms with Gasteiger partial charge in [-0.2, -0.15) is 0 Å². The average Bonchev–Trinajstić information content (AvgIpc) is 2.29. The van der Waals surface area contributed by atoms with Crippen LogP contribution in [0.25, 0.3) is 6.08 Å². The summed E-state index contributed by atoms with van der Waals surface area (Å²) in [7, 11) is 6.67. The summed E-state index contributed by atoms with van der Waals surface area (Å²) in [5, 5.41) is 3.61. The van der Waals surface area contributed by atoms with Crippen molar-refractivity contribution in [2.24, 2.45) is 0 Å². The van der Waals surface area contributed by atoms with E-state index in [1.54, 1.807) is 0 Å². The number of rotatable bonds is 6. The van der Waals surface area contributed by atoms with Crippen molar-refractivity contribution < 1.29 is 16.9 Å². The van der Waals surface area contributed by atoms with Gasteiger partial charge in [-0.1, -0.05) is 43.8 Å². The van der Waals surface area contributed by atoms with E-state index in [1.165, 1.54) is 11.1 Å². The van der Waals surface area contributed by atoms with Gasteiger partial charge in [0.1, 0.15) is 6.17 Å². The predicted octanol–water partition coefficient (Wildman–Crippen LogP) is -0.134. The molecule has 0 amide bonds. The zero-order chi connectivity index (χ0) is 12.9. The first-order valence-corrected chi connectivity index (χ1v) is 6.23. The second-order valence-corrected chi connectivity index (χ2v) is 5.37. The molecule has 3 heteroatoms. The van der Waals surface area contributed by atoms with E-state index in [9.17, 15) is 0 Å². The summed E-state index contributed by atoms with van der Waals surface area (Å²) in [4.78, 5) is 0. The van der Waals surface area contributed by atoms with E-state index in [1.807, 2.05) is 6.08 Å². The third-order valence-electron chi connectivity index (χ3n) is 3.08. The molecule has 0 radical (unpaired) electrons. The highest BCUT2D eigenvalue weighted by Gasteiger charge is 2.20. The monoisotopic (exact) mass is 268 g/mol. The quantitative estimate of drug-likeness (QED) is 0.560. The summed E-state index contributed by atoms with van der Waals surface area (Å²) < 4.78 is 0.946. The molecule has 2 nitrogen and oxygen atoms in total. The van der Waals surface area contributed by atoms with Crippen LogP contribution in [-0.2, 0) is 6.54 Å². The van der Waals surface area contributed by atoms with Gasteiger partial charge in [0.15, 0.2) is 0 Å². The van der Waals surface area contributed by atoms with Gasteiger partial charge >= 0.3 is 0 Å². The van der Waals surface area contributed by atoms with E-state index < -0.39 is 0 Å². The van der Waals surface area contributed by atoms with Gasteiger partial charge in [-0.15, -0.1) is 0 Å². The minimum atomic E-state index is 0. The number of hydrogen-bond donors (Lipinski definition) is 1. The maximum Gasteiger partial charge on any atom is 0.142 e. The van der Waals surface area contributed by atoms with E-state index in [2.05, 4.69) is 64.2 Å². The molecule has 0 aliphatic rings. The summed E-state index contributed by atoms with van der Waals surface area (Å²) in [5.41, 5.74) is 2.50. The maximum atomic E-state index is 3.76. The number of nitrogens with zero attached hydrogens (tertiary/aromatic N) is 1. The Morgan fingerprint density at radius 2 is 1.78 bits per heavy atom.